The monoisotopic (exact) mass is 394 g/mol. The molecule has 0 amide bonds. The molecule has 4 rings (SSSR count). The molecule has 150 valence electrons. The lowest BCUT2D eigenvalue weighted by molar-refractivity contribution is -0.138. The number of rotatable bonds is 4. The van der Waals surface area contributed by atoms with Crippen molar-refractivity contribution in [1.82, 2.24) is 24.5 Å². The zero-order chi connectivity index (χ0) is 19.9. The van der Waals surface area contributed by atoms with Gasteiger partial charge < -0.3 is 15.4 Å². The molecule has 0 unspecified atom stereocenters. The van der Waals surface area contributed by atoms with E-state index in [0.29, 0.717) is 35.8 Å². The maximum Gasteiger partial charge on any atom is 0.390 e. The summed E-state index contributed by atoms with van der Waals surface area (Å²) >= 11 is 0. The van der Waals surface area contributed by atoms with Crippen molar-refractivity contribution in [3.63, 3.8) is 0 Å². The summed E-state index contributed by atoms with van der Waals surface area (Å²) in [5.74, 6) is 1.32. The molecule has 2 N–H and O–H groups in total. The molecule has 1 fully saturated rings. The molecule has 0 spiro atoms. The van der Waals surface area contributed by atoms with Crippen LogP contribution in [0.2, 0.25) is 0 Å². The number of hydrogen-bond donors (Lipinski definition) is 1. The van der Waals surface area contributed by atoms with E-state index in [4.69, 9.17) is 10.5 Å². The van der Waals surface area contributed by atoms with Crippen molar-refractivity contribution in [2.75, 3.05) is 32.5 Å². The van der Waals surface area contributed by atoms with Gasteiger partial charge in [0.25, 0.3) is 0 Å². The topological polar surface area (TPSA) is 81.6 Å². The first kappa shape index (κ1) is 18.7. The molecular weight excluding hydrogens is 373 g/mol. The molecule has 1 atom stereocenters. The summed E-state index contributed by atoms with van der Waals surface area (Å²) in [7, 11) is 1.56. The Morgan fingerprint density at radius 3 is 2.86 bits per heavy atom. The van der Waals surface area contributed by atoms with Crippen LogP contribution in [0.1, 0.15) is 31.0 Å². The normalized spacial score (nSPS) is 18.8. The number of nitrogens with two attached hydrogens (primary N) is 1. The molecule has 1 saturated heterocycles. The Balaban J connectivity index is 1.66. The molecule has 2 aromatic heterocycles. The first-order chi connectivity index (χ1) is 13.4. The first-order valence-electron chi connectivity index (χ1n) is 9.13. The highest BCUT2D eigenvalue weighted by Crippen LogP contribution is 2.31. The molecule has 3 aromatic rings. The van der Waals surface area contributed by atoms with Crippen LogP contribution in [0.3, 0.4) is 0 Å². The largest absolute Gasteiger partial charge is 0.494 e. The minimum atomic E-state index is -4.15. The van der Waals surface area contributed by atoms with Gasteiger partial charge in [0.1, 0.15) is 11.3 Å². The summed E-state index contributed by atoms with van der Waals surface area (Å²) in [5, 5.41) is 5.27. The Hall–Kier alpha value is -2.62. The molecule has 1 aliphatic rings. The molecule has 0 saturated carbocycles. The molecule has 1 aliphatic heterocycles. The Kier molecular flexibility index (Phi) is 4.74. The summed E-state index contributed by atoms with van der Waals surface area (Å²) in [6.07, 6.45) is -3.32. The molecule has 10 heteroatoms. The average Bonchev–Trinajstić information content (AvgIpc) is 3.12. The minimum absolute atomic E-state index is 0.00278. The quantitative estimate of drug-likeness (QED) is 0.733. The molecule has 0 bridgehead atoms. The smallest absolute Gasteiger partial charge is 0.390 e. The standard InChI is InChI=1S/C18H21F3N6O/c1-28-13-6-2-5-12-14(13)23-17(22)27-16(12)24-15(25-27)11-4-3-8-26(10-11)9-7-18(19,20)21/h2,5-6,11H,3-4,7-10H2,1H3,(H2,22,23)/t11-/m0/s1. The number of aromatic nitrogens is 4. The number of methoxy groups -OCH3 is 1. The van der Waals surface area contributed by atoms with Crippen LogP contribution in [0.5, 0.6) is 5.75 Å². The Morgan fingerprint density at radius 2 is 2.11 bits per heavy atom. The van der Waals surface area contributed by atoms with Gasteiger partial charge in [-0.15, -0.1) is 5.10 Å². The lowest BCUT2D eigenvalue weighted by Gasteiger charge is -2.31. The summed E-state index contributed by atoms with van der Waals surface area (Å²) in [6.45, 7) is 1.16. The number of fused-ring (bicyclic) bond motifs is 3. The van der Waals surface area contributed by atoms with Crippen LogP contribution in [-0.4, -0.2) is 57.4 Å². The molecular formula is C18H21F3N6O. The van der Waals surface area contributed by atoms with Crippen LogP contribution in [0.15, 0.2) is 18.2 Å². The number of halogens is 3. The number of benzene rings is 1. The maximum absolute atomic E-state index is 12.5. The van der Waals surface area contributed by atoms with Gasteiger partial charge in [0.05, 0.1) is 13.5 Å². The summed E-state index contributed by atoms with van der Waals surface area (Å²) in [6, 6.07) is 5.50. The maximum atomic E-state index is 12.5. The van der Waals surface area contributed by atoms with Gasteiger partial charge in [-0.25, -0.2) is 9.97 Å². The van der Waals surface area contributed by atoms with Gasteiger partial charge in [-0.2, -0.15) is 17.7 Å². The van der Waals surface area contributed by atoms with Crippen LogP contribution in [0.25, 0.3) is 16.6 Å². The summed E-state index contributed by atoms with van der Waals surface area (Å²) in [4.78, 5) is 10.9. The van der Waals surface area contributed by atoms with Crippen molar-refractivity contribution < 1.29 is 17.9 Å². The van der Waals surface area contributed by atoms with Crippen molar-refractivity contribution in [1.29, 1.82) is 0 Å². The summed E-state index contributed by atoms with van der Waals surface area (Å²) in [5.41, 5.74) is 7.24. The van der Waals surface area contributed by atoms with Gasteiger partial charge in [-0.1, -0.05) is 6.07 Å². The van der Waals surface area contributed by atoms with Crippen molar-refractivity contribution in [2.45, 2.75) is 31.4 Å². The molecule has 1 aromatic carbocycles. The number of hydrogen-bond acceptors (Lipinski definition) is 6. The van der Waals surface area contributed by atoms with Crippen LogP contribution in [0.4, 0.5) is 19.1 Å². The number of alkyl halides is 3. The number of nitrogens with zero attached hydrogens (tertiary/aromatic N) is 5. The number of piperidine rings is 1. The summed E-state index contributed by atoms with van der Waals surface area (Å²) < 4.78 is 44.5. The number of nitrogen functional groups attached to an aromatic ring is 1. The lowest BCUT2D eigenvalue weighted by atomic mass is 9.97. The van der Waals surface area contributed by atoms with Crippen LogP contribution < -0.4 is 10.5 Å². The van der Waals surface area contributed by atoms with Crippen molar-refractivity contribution in [2.24, 2.45) is 0 Å². The van der Waals surface area contributed by atoms with Crippen LogP contribution in [-0.2, 0) is 0 Å². The highest BCUT2D eigenvalue weighted by atomic mass is 19.4. The first-order valence-corrected chi connectivity index (χ1v) is 9.13. The number of para-hydroxylation sites is 1. The van der Waals surface area contributed by atoms with E-state index < -0.39 is 12.6 Å². The van der Waals surface area contributed by atoms with Gasteiger partial charge in [0.15, 0.2) is 11.5 Å². The van der Waals surface area contributed by atoms with E-state index in [9.17, 15) is 13.2 Å². The van der Waals surface area contributed by atoms with Gasteiger partial charge >= 0.3 is 6.18 Å². The highest BCUT2D eigenvalue weighted by molar-refractivity contribution is 5.95. The van der Waals surface area contributed by atoms with E-state index in [1.165, 1.54) is 4.52 Å². The fourth-order valence-corrected chi connectivity index (χ4v) is 3.73. The van der Waals surface area contributed by atoms with Crippen molar-refractivity contribution >= 4 is 22.5 Å². The second-order valence-electron chi connectivity index (χ2n) is 7.04. The zero-order valence-electron chi connectivity index (χ0n) is 15.4. The van der Waals surface area contributed by atoms with E-state index in [1.54, 1.807) is 13.2 Å². The number of likely N-dealkylation sites (tertiary alicyclic amines) is 1. The predicted octanol–water partition coefficient (Wildman–Crippen LogP) is 3.00. The average molecular weight is 394 g/mol. The molecule has 3 heterocycles. The fourth-order valence-electron chi connectivity index (χ4n) is 3.73. The van der Waals surface area contributed by atoms with Crippen LogP contribution in [0, 0.1) is 0 Å². The van der Waals surface area contributed by atoms with E-state index >= 15 is 0 Å². The fraction of sp³-hybridized carbons (Fsp3) is 0.500. The van der Waals surface area contributed by atoms with Gasteiger partial charge in [-0.3, -0.25) is 0 Å². The lowest BCUT2D eigenvalue weighted by Crippen LogP contribution is -2.37. The molecule has 28 heavy (non-hydrogen) atoms. The Labute approximate surface area is 159 Å². The second-order valence-corrected chi connectivity index (χ2v) is 7.04. The molecule has 0 aliphatic carbocycles. The number of ether oxygens (including phenoxy) is 1. The van der Waals surface area contributed by atoms with Crippen LogP contribution >= 0.6 is 0 Å². The second kappa shape index (κ2) is 7.08. The highest BCUT2D eigenvalue weighted by Gasteiger charge is 2.31. The minimum Gasteiger partial charge on any atom is -0.494 e. The third-order valence-corrected chi connectivity index (χ3v) is 5.11. The van der Waals surface area contributed by atoms with Crippen molar-refractivity contribution in [3.8, 4) is 5.75 Å². The third kappa shape index (κ3) is 3.56. The SMILES string of the molecule is COc1cccc2c1nc(N)n1nc([C@H]3CCCN(CCC(F)(F)F)C3)nc21. The van der Waals surface area contributed by atoms with E-state index in [2.05, 4.69) is 15.1 Å². The number of anilines is 1. The zero-order valence-corrected chi connectivity index (χ0v) is 15.4. The predicted molar refractivity (Wildman–Crippen MR) is 98.3 cm³/mol. The van der Waals surface area contributed by atoms with Gasteiger partial charge in [0.2, 0.25) is 5.95 Å². The van der Waals surface area contributed by atoms with E-state index in [-0.39, 0.29) is 18.4 Å². The van der Waals surface area contributed by atoms with Gasteiger partial charge in [-0.05, 0) is 31.5 Å². The van der Waals surface area contributed by atoms with E-state index in [1.807, 2.05) is 17.0 Å². The molecule has 0 radical (unpaired) electrons. The van der Waals surface area contributed by atoms with Gasteiger partial charge in [0, 0.05) is 24.4 Å². The molecule has 7 nitrogen and oxygen atoms in total. The Bertz CT molecular complexity index is 1000. The van der Waals surface area contributed by atoms with Crippen molar-refractivity contribution in [3.05, 3.63) is 24.0 Å². The Morgan fingerprint density at radius 1 is 1.29 bits per heavy atom. The van der Waals surface area contributed by atoms with E-state index in [0.717, 1.165) is 18.2 Å². The third-order valence-electron chi connectivity index (χ3n) is 5.11.